The van der Waals surface area contributed by atoms with E-state index >= 15 is 0 Å². The molecule has 5 rings (SSSR count). The molecule has 0 spiro atoms. The maximum absolute atomic E-state index is 13.2. The van der Waals surface area contributed by atoms with Gasteiger partial charge in [-0.25, -0.2) is 0 Å². The Labute approximate surface area is 205 Å². The monoisotopic (exact) mass is 474 g/mol. The summed E-state index contributed by atoms with van der Waals surface area (Å²) >= 11 is 6.56. The summed E-state index contributed by atoms with van der Waals surface area (Å²) in [5, 5.41) is 6.46. The Morgan fingerprint density at radius 3 is 2.56 bits per heavy atom. The minimum Gasteiger partial charge on any atom is -0.368 e. The number of para-hydroxylation sites is 1. The molecule has 0 saturated carbocycles. The van der Waals surface area contributed by atoms with Crippen LogP contribution in [0.25, 0.3) is 21.8 Å². The number of halogens is 1. The molecule has 2 N–H and O–H groups in total. The standard InChI is InChI=1S/C28H31ClN4O/c1-3-7-26(33-16-14-32(15-17-33)25-11-6-8-19(2)27(25)29)31-28(34)20-12-13-22-21-9-4-5-10-23(21)30-24(22)18-20/h4-6,8-13,18,26,30H,3,7,14-17H2,1-2H3,(H,31,34). The van der Waals surface area contributed by atoms with Gasteiger partial charge in [0.2, 0.25) is 0 Å². The summed E-state index contributed by atoms with van der Waals surface area (Å²) in [5.74, 6) is -0.0248. The van der Waals surface area contributed by atoms with Gasteiger partial charge in [0.1, 0.15) is 0 Å². The molecule has 1 aliphatic rings. The molecule has 1 aromatic heterocycles. The highest BCUT2D eigenvalue weighted by Crippen LogP contribution is 2.30. The molecule has 1 fully saturated rings. The van der Waals surface area contributed by atoms with Gasteiger partial charge >= 0.3 is 0 Å². The Morgan fingerprint density at radius 1 is 1.00 bits per heavy atom. The molecule has 0 radical (unpaired) electrons. The number of H-pyrrole nitrogens is 1. The van der Waals surface area contributed by atoms with E-state index in [4.69, 9.17) is 11.6 Å². The van der Waals surface area contributed by atoms with Crippen molar-refractivity contribution in [2.45, 2.75) is 32.9 Å². The number of carbonyl (C=O) groups excluding carboxylic acids is 1. The minimum absolute atomic E-state index is 0.0195. The Bertz CT molecular complexity index is 1320. The fourth-order valence-corrected chi connectivity index (χ4v) is 5.25. The van der Waals surface area contributed by atoms with Gasteiger partial charge in [0.25, 0.3) is 5.91 Å². The Balaban J connectivity index is 1.28. The summed E-state index contributed by atoms with van der Waals surface area (Å²) in [4.78, 5) is 21.4. The number of nitrogens with zero attached hydrogens (tertiary/aromatic N) is 2. The van der Waals surface area contributed by atoms with Crippen LogP contribution >= 0.6 is 11.6 Å². The number of hydrogen-bond donors (Lipinski definition) is 2. The number of fused-ring (bicyclic) bond motifs is 3. The predicted molar refractivity (Wildman–Crippen MR) is 142 cm³/mol. The van der Waals surface area contributed by atoms with Gasteiger partial charge < -0.3 is 15.2 Å². The zero-order valence-corrected chi connectivity index (χ0v) is 20.5. The van der Waals surface area contributed by atoms with E-state index in [1.165, 1.54) is 5.39 Å². The molecule has 6 heteroatoms. The van der Waals surface area contributed by atoms with E-state index in [2.05, 4.69) is 51.3 Å². The van der Waals surface area contributed by atoms with Gasteiger partial charge in [0.05, 0.1) is 16.9 Å². The van der Waals surface area contributed by atoms with Crippen LogP contribution in [0.1, 0.15) is 35.7 Å². The maximum Gasteiger partial charge on any atom is 0.252 e. The van der Waals surface area contributed by atoms with Crippen molar-refractivity contribution in [1.82, 2.24) is 15.2 Å². The van der Waals surface area contributed by atoms with Crippen LogP contribution in [0.5, 0.6) is 0 Å². The predicted octanol–water partition coefficient (Wildman–Crippen LogP) is 5.96. The second-order valence-electron chi connectivity index (χ2n) is 9.14. The van der Waals surface area contributed by atoms with Crippen molar-refractivity contribution in [2.75, 3.05) is 31.1 Å². The number of carbonyl (C=O) groups is 1. The topological polar surface area (TPSA) is 51.4 Å². The summed E-state index contributed by atoms with van der Waals surface area (Å²) < 4.78 is 0. The Kier molecular flexibility index (Phi) is 6.48. The molecular formula is C28H31ClN4O. The lowest BCUT2D eigenvalue weighted by molar-refractivity contribution is 0.0824. The summed E-state index contributed by atoms with van der Waals surface area (Å²) in [7, 11) is 0. The number of rotatable bonds is 6. The maximum atomic E-state index is 13.2. The molecular weight excluding hydrogens is 444 g/mol. The van der Waals surface area contributed by atoms with Gasteiger partial charge in [-0.1, -0.05) is 61.3 Å². The highest BCUT2D eigenvalue weighted by atomic mass is 35.5. The van der Waals surface area contributed by atoms with Gasteiger partial charge in [-0.2, -0.15) is 0 Å². The zero-order valence-electron chi connectivity index (χ0n) is 19.8. The van der Waals surface area contributed by atoms with Crippen LogP contribution in [0.4, 0.5) is 5.69 Å². The van der Waals surface area contributed by atoms with Gasteiger partial charge in [-0.05, 0) is 43.2 Å². The first-order valence-corrected chi connectivity index (χ1v) is 12.5. The van der Waals surface area contributed by atoms with Crippen molar-refractivity contribution < 1.29 is 4.79 Å². The minimum atomic E-state index is -0.0248. The van der Waals surface area contributed by atoms with E-state index in [0.29, 0.717) is 5.56 Å². The lowest BCUT2D eigenvalue weighted by Crippen LogP contribution is -2.56. The number of piperazine rings is 1. The largest absolute Gasteiger partial charge is 0.368 e. The Morgan fingerprint density at radius 2 is 1.76 bits per heavy atom. The summed E-state index contributed by atoms with van der Waals surface area (Å²) in [6, 6.07) is 20.4. The van der Waals surface area contributed by atoms with Crippen molar-refractivity contribution in [3.05, 3.63) is 76.8 Å². The van der Waals surface area contributed by atoms with Gasteiger partial charge in [-0.15, -0.1) is 0 Å². The molecule has 34 heavy (non-hydrogen) atoms. The molecule has 5 nitrogen and oxygen atoms in total. The average Bonchev–Trinajstić information content (AvgIpc) is 3.23. The van der Waals surface area contributed by atoms with Crippen LogP contribution in [0.2, 0.25) is 5.02 Å². The van der Waals surface area contributed by atoms with E-state index < -0.39 is 0 Å². The average molecular weight is 475 g/mol. The molecule has 1 aliphatic heterocycles. The highest BCUT2D eigenvalue weighted by molar-refractivity contribution is 6.34. The third kappa shape index (κ3) is 4.38. The number of aromatic amines is 1. The number of nitrogens with one attached hydrogen (secondary N) is 2. The third-order valence-electron chi connectivity index (χ3n) is 6.90. The molecule has 1 saturated heterocycles. The second kappa shape index (κ2) is 9.69. The van der Waals surface area contributed by atoms with Crippen LogP contribution in [-0.2, 0) is 0 Å². The number of benzene rings is 3. The Hall–Kier alpha value is -3.02. The van der Waals surface area contributed by atoms with E-state index in [9.17, 15) is 4.79 Å². The number of aryl methyl sites for hydroxylation is 1. The van der Waals surface area contributed by atoms with Crippen molar-refractivity contribution in [1.29, 1.82) is 0 Å². The van der Waals surface area contributed by atoms with E-state index in [1.807, 2.05) is 43.3 Å². The van der Waals surface area contributed by atoms with Crippen LogP contribution < -0.4 is 10.2 Å². The zero-order chi connectivity index (χ0) is 23.7. The van der Waals surface area contributed by atoms with Gasteiger partial charge in [-0.3, -0.25) is 9.69 Å². The molecule has 0 bridgehead atoms. The number of aromatic nitrogens is 1. The number of hydrogen-bond acceptors (Lipinski definition) is 3. The first-order chi connectivity index (χ1) is 16.5. The summed E-state index contributed by atoms with van der Waals surface area (Å²) in [6.07, 6.45) is 1.95. The first-order valence-electron chi connectivity index (χ1n) is 12.1. The van der Waals surface area contributed by atoms with Crippen molar-refractivity contribution in [2.24, 2.45) is 0 Å². The first kappa shape index (κ1) is 22.8. The third-order valence-corrected chi connectivity index (χ3v) is 7.39. The second-order valence-corrected chi connectivity index (χ2v) is 9.52. The molecule has 0 aliphatic carbocycles. The lowest BCUT2D eigenvalue weighted by Gasteiger charge is -2.40. The van der Waals surface area contributed by atoms with Crippen molar-refractivity contribution >= 4 is 45.0 Å². The summed E-state index contributed by atoms with van der Waals surface area (Å²) in [6.45, 7) is 7.76. The van der Waals surface area contributed by atoms with Crippen molar-refractivity contribution in [3.8, 4) is 0 Å². The number of anilines is 1. The summed E-state index contributed by atoms with van der Waals surface area (Å²) in [5.41, 5.74) is 4.97. The van der Waals surface area contributed by atoms with E-state index in [-0.39, 0.29) is 12.1 Å². The lowest BCUT2D eigenvalue weighted by atomic mass is 10.1. The van der Waals surface area contributed by atoms with Crippen LogP contribution in [0.3, 0.4) is 0 Å². The highest BCUT2D eigenvalue weighted by Gasteiger charge is 2.26. The van der Waals surface area contributed by atoms with Crippen molar-refractivity contribution in [3.63, 3.8) is 0 Å². The van der Waals surface area contributed by atoms with Crippen LogP contribution in [-0.4, -0.2) is 48.1 Å². The van der Waals surface area contributed by atoms with E-state index in [1.54, 1.807) is 0 Å². The number of amides is 1. The normalized spacial score (nSPS) is 15.7. The molecule has 1 atom stereocenters. The SMILES string of the molecule is CCCC(NC(=O)c1ccc2c(c1)[nH]c1ccccc12)N1CCN(c2cccc(C)c2Cl)CC1. The molecule has 3 aromatic carbocycles. The fraction of sp³-hybridized carbons (Fsp3) is 0.321. The van der Waals surface area contributed by atoms with Crippen LogP contribution in [0, 0.1) is 6.92 Å². The molecule has 176 valence electrons. The molecule has 2 heterocycles. The molecule has 1 amide bonds. The van der Waals surface area contributed by atoms with Gasteiger partial charge in [0.15, 0.2) is 0 Å². The van der Waals surface area contributed by atoms with Gasteiger partial charge in [0, 0.05) is 53.5 Å². The van der Waals surface area contributed by atoms with Crippen LogP contribution in [0.15, 0.2) is 60.7 Å². The fourth-order valence-electron chi connectivity index (χ4n) is 5.00. The van der Waals surface area contributed by atoms with E-state index in [0.717, 1.165) is 71.7 Å². The molecule has 4 aromatic rings. The smallest absolute Gasteiger partial charge is 0.252 e. The quantitative estimate of drug-likeness (QED) is 0.362. The molecule has 1 unspecified atom stereocenters.